The summed E-state index contributed by atoms with van der Waals surface area (Å²) in [5.74, 6) is -2.47. The van der Waals surface area contributed by atoms with Gasteiger partial charge in [-0.25, -0.2) is 9.78 Å². The number of piperidine rings is 1. The molecular weight excluding hydrogens is 543 g/mol. The van der Waals surface area contributed by atoms with Crippen LogP contribution in [0, 0.1) is 12.3 Å². The number of hydrogen-bond donors (Lipinski definition) is 2. The van der Waals surface area contributed by atoms with Crippen LogP contribution in [0.3, 0.4) is 0 Å². The lowest BCUT2D eigenvalue weighted by atomic mass is 9.99. The van der Waals surface area contributed by atoms with Crippen LogP contribution in [0.1, 0.15) is 29.5 Å². The maximum Gasteiger partial charge on any atom is 0.490 e. The largest absolute Gasteiger partial charge is 0.490 e. The van der Waals surface area contributed by atoms with Crippen LogP contribution in [-0.2, 0) is 32.1 Å². The van der Waals surface area contributed by atoms with Crippen molar-refractivity contribution < 1.29 is 32.2 Å². The number of benzene rings is 1. The van der Waals surface area contributed by atoms with Crippen molar-refractivity contribution in [2.24, 2.45) is 5.41 Å². The average molecular weight is 568 g/mol. The van der Waals surface area contributed by atoms with E-state index in [9.17, 15) is 22.8 Å². The Hall–Kier alpha value is -2.76. The van der Waals surface area contributed by atoms with E-state index in [2.05, 4.69) is 38.1 Å². The molecule has 2 aromatic rings. The Bertz CT molecular complexity index is 1190. The Kier molecular flexibility index (Phi) is 7.27. The molecular formula is C25H25BrF3N3O4. The lowest BCUT2D eigenvalue weighted by Crippen LogP contribution is -2.46. The fourth-order valence-electron chi connectivity index (χ4n) is 4.58. The van der Waals surface area contributed by atoms with Crippen molar-refractivity contribution >= 4 is 33.6 Å². The molecule has 3 atom stereocenters. The van der Waals surface area contributed by atoms with Crippen LogP contribution in [-0.4, -0.2) is 41.4 Å². The number of esters is 1. The number of nitrogens with zero attached hydrogens (tertiary/aromatic N) is 1. The van der Waals surface area contributed by atoms with Gasteiger partial charge in [-0.2, -0.15) is 13.2 Å². The second kappa shape index (κ2) is 9.95. The summed E-state index contributed by atoms with van der Waals surface area (Å²) in [7, 11) is 0. The third-order valence-corrected chi connectivity index (χ3v) is 6.90. The predicted molar refractivity (Wildman–Crippen MR) is 129 cm³/mol. The summed E-state index contributed by atoms with van der Waals surface area (Å²) in [5, 5.41) is 5.53. The molecule has 1 amide bonds. The van der Waals surface area contributed by atoms with Gasteiger partial charge in [-0.05, 0) is 58.5 Å². The van der Waals surface area contributed by atoms with Crippen LogP contribution >= 0.6 is 15.9 Å². The maximum atomic E-state index is 13.0. The fraction of sp³-hybridized carbons (Fsp3) is 0.400. The first-order valence-electron chi connectivity index (χ1n) is 11.3. The minimum Gasteiger partial charge on any atom is -0.436 e. The van der Waals surface area contributed by atoms with Crippen molar-refractivity contribution in [2.75, 3.05) is 11.9 Å². The number of carbonyl (C=O) groups excluding carboxylic acids is 2. The average Bonchev–Trinajstić information content (AvgIpc) is 3.28. The van der Waals surface area contributed by atoms with Gasteiger partial charge in [0.05, 0.1) is 24.7 Å². The van der Waals surface area contributed by atoms with Gasteiger partial charge < -0.3 is 14.8 Å². The van der Waals surface area contributed by atoms with Crippen LogP contribution in [0.15, 0.2) is 53.7 Å². The quantitative estimate of drug-likeness (QED) is 0.262. The molecule has 0 unspecified atom stereocenters. The summed E-state index contributed by atoms with van der Waals surface area (Å²) in [5.41, 5.74) is 0.0608. The van der Waals surface area contributed by atoms with E-state index in [0.717, 1.165) is 11.1 Å². The number of allylic oxidation sites excluding steroid dienone is 1. The first kappa shape index (κ1) is 26.3. The molecule has 11 heteroatoms. The van der Waals surface area contributed by atoms with Gasteiger partial charge in [0, 0.05) is 6.42 Å². The van der Waals surface area contributed by atoms with Crippen LogP contribution < -0.4 is 10.6 Å². The highest BCUT2D eigenvalue weighted by Crippen LogP contribution is 2.64. The lowest BCUT2D eigenvalue weighted by molar-refractivity contribution is -0.210. The van der Waals surface area contributed by atoms with Gasteiger partial charge in [0.15, 0.2) is 5.72 Å². The highest BCUT2D eigenvalue weighted by Gasteiger charge is 2.77. The van der Waals surface area contributed by atoms with E-state index in [0.29, 0.717) is 22.4 Å². The van der Waals surface area contributed by atoms with Gasteiger partial charge in [-0.15, -0.1) is 6.58 Å². The van der Waals surface area contributed by atoms with Gasteiger partial charge in [-0.1, -0.05) is 36.4 Å². The number of carbonyl (C=O) groups is 2. The van der Waals surface area contributed by atoms with Crippen LogP contribution in [0.2, 0.25) is 0 Å². The number of pyridine rings is 1. The number of anilines is 1. The predicted octanol–water partition coefficient (Wildman–Crippen LogP) is 4.59. The summed E-state index contributed by atoms with van der Waals surface area (Å²) < 4.78 is 50.2. The zero-order valence-electron chi connectivity index (χ0n) is 19.5. The number of aryl methyl sites for hydroxylation is 1. The number of rotatable bonds is 9. The number of ether oxygens (including phenoxy) is 2. The van der Waals surface area contributed by atoms with E-state index in [4.69, 9.17) is 9.47 Å². The Balaban J connectivity index is 1.47. The van der Waals surface area contributed by atoms with Crippen molar-refractivity contribution in [3.63, 3.8) is 0 Å². The van der Waals surface area contributed by atoms with E-state index in [-0.39, 0.29) is 26.1 Å². The number of fused-ring (bicyclic) bond motifs is 1. The molecule has 1 saturated heterocycles. The zero-order chi connectivity index (χ0) is 26.1. The topological polar surface area (TPSA) is 89.6 Å². The second-order valence-electron chi connectivity index (χ2n) is 9.17. The number of hydrogen-bond acceptors (Lipinski definition) is 6. The molecule has 2 aliphatic rings. The molecule has 4 rings (SSSR count). The van der Waals surface area contributed by atoms with Crippen LogP contribution in [0.5, 0.6) is 0 Å². The molecule has 1 aromatic carbocycles. The minimum atomic E-state index is -5.16. The van der Waals surface area contributed by atoms with E-state index in [1.807, 2.05) is 24.3 Å². The van der Waals surface area contributed by atoms with Crippen molar-refractivity contribution in [2.45, 2.75) is 50.7 Å². The molecule has 1 saturated carbocycles. The SMILES string of the molecule is C=CCc1cccc(COC[C@@]23C[C@@H](C(=O)Nc4nc(Br)ccc4C)N[C@@]2(OC(=O)C(F)(F)F)C3)c1. The second-order valence-corrected chi connectivity index (χ2v) is 9.98. The summed E-state index contributed by atoms with van der Waals surface area (Å²) in [6, 6.07) is 10.3. The van der Waals surface area contributed by atoms with E-state index >= 15 is 0 Å². The van der Waals surface area contributed by atoms with Gasteiger partial charge in [-0.3, -0.25) is 10.1 Å². The Morgan fingerprint density at radius 3 is 2.78 bits per heavy atom. The van der Waals surface area contributed by atoms with Crippen molar-refractivity contribution in [1.82, 2.24) is 10.3 Å². The Labute approximate surface area is 214 Å². The molecule has 192 valence electrons. The molecule has 0 spiro atoms. The molecule has 2 fully saturated rings. The third kappa shape index (κ3) is 5.47. The molecule has 2 heterocycles. The van der Waals surface area contributed by atoms with E-state index in [1.54, 1.807) is 25.1 Å². The molecule has 1 aliphatic heterocycles. The van der Waals surface area contributed by atoms with Crippen LogP contribution in [0.25, 0.3) is 0 Å². The Morgan fingerprint density at radius 1 is 1.31 bits per heavy atom. The molecule has 0 radical (unpaired) electrons. The first-order valence-corrected chi connectivity index (χ1v) is 12.0. The summed E-state index contributed by atoms with van der Waals surface area (Å²) in [6.07, 6.45) is -2.44. The van der Waals surface area contributed by atoms with E-state index < -0.39 is 35.2 Å². The van der Waals surface area contributed by atoms with Gasteiger partial charge in [0.2, 0.25) is 5.91 Å². The maximum absolute atomic E-state index is 13.0. The molecule has 7 nitrogen and oxygen atoms in total. The molecule has 1 aromatic heterocycles. The minimum absolute atomic E-state index is 0.00870. The lowest BCUT2D eigenvalue weighted by Gasteiger charge is -2.21. The van der Waals surface area contributed by atoms with Gasteiger partial charge in [0.25, 0.3) is 0 Å². The first-order chi connectivity index (χ1) is 17.0. The van der Waals surface area contributed by atoms with Crippen LogP contribution in [0.4, 0.5) is 19.0 Å². The van der Waals surface area contributed by atoms with E-state index in [1.165, 1.54) is 0 Å². The molecule has 36 heavy (non-hydrogen) atoms. The number of amides is 1. The highest BCUT2D eigenvalue weighted by atomic mass is 79.9. The third-order valence-electron chi connectivity index (χ3n) is 6.46. The van der Waals surface area contributed by atoms with Gasteiger partial charge >= 0.3 is 12.1 Å². The Morgan fingerprint density at radius 2 is 2.06 bits per heavy atom. The normalized spacial score (nSPS) is 24.6. The van der Waals surface area contributed by atoms with Crippen molar-refractivity contribution in [3.05, 3.63) is 70.3 Å². The number of nitrogens with one attached hydrogen (secondary N) is 2. The monoisotopic (exact) mass is 567 g/mol. The summed E-state index contributed by atoms with van der Waals surface area (Å²) in [6.45, 7) is 5.71. The standard InChI is InChI=1S/C25H25BrF3N3O4/c1-3-5-16-6-4-7-17(10-16)12-35-14-23-11-18(21(33)31-20-15(2)8-9-19(26)30-20)32-24(23,13-23)36-22(34)25(27,28)29/h3-4,6-10,18,32H,1,5,11-14H2,2H3,(H,30,31,33)/t18-,23-,24+/m0/s1. The summed E-state index contributed by atoms with van der Waals surface area (Å²) in [4.78, 5) is 28.9. The van der Waals surface area contributed by atoms with Gasteiger partial charge in [0.1, 0.15) is 10.4 Å². The number of halogens is 4. The molecule has 2 N–H and O–H groups in total. The molecule has 1 aliphatic carbocycles. The highest BCUT2D eigenvalue weighted by molar-refractivity contribution is 9.10. The molecule has 0 bridgehead atoms. The zero-order valence-corrected chi connectivity index (χ0v) is 21.0. The summed E-state index contributed by atoms with van der Waals surface area (Å²) >= 11 is 3.25. The van der Waals surface area contributed by atoms with Crippen molar-refractivity contribution in [3.8, 4) is 0 Å². The number of alkyl halides is 3. The fourth-order valence-corrected chi connectivity index (χ4v) is 4.89. The number of aromatic nitrogens is 1. The smallest absolute Gasteiger partial charge is 0.436 e. The van der Waals surface area contributed by atoms with Crippen molar-refractivity contribution in [1.29, 1.82) is 0 Å².